The second-order valence-corrected chi connectivity index (χ2v) is 4.84. The number of hydrogen-bond donors (Lipinski definition) is 1. The summed E-state index contributed by atoms with van der Waals surface area (Å²) in [6, 6.07) is 8.52. The van der Waals surface area contributed by atoms with Crippen LogP contribution in [0.25, 0.3) is 5.69 Å². The van der Waals surface area contributed by atoms with Crippen LogP contribution in [0.2, 0.25) is 0 Å². The lowest BCUT2D eigenvalue weighted by Gasteiger charge is -2.12. The minimum Gasteiger partial charge on any atom is -0.355 e. The van der Waals surface area contributed by atoms with E-state index in [-0.39, 0.29) is 0 Å². The van der Waals surface area contributed by atoms with Gasteiger partial charge >= 0.3 is 0 Å². The van der Waals surface area contributed by atoms with Gasteiger partial charge in [-0.15, -0.1) is 0 Å². The molecule has 0 radical (unpaired) electrons. The molecule has 0 saturated heterocycles. The molecule has 1 aromatic carbocycles. The molecule has 19 heavy (non-hydrogen) atoms. The molecule has 1 aromatic heterocycles. The van der Waals surface area contributed by atoms with Gasteiger partial charge in [-0.1, -0.05) is 38.5 Å². The smallest absolute Gasteiger partial charge is 0.207 e. The first-order chi connectivity index (χ1) is 9.26. The molecule has 0 spiro atoms. The van der Waals surface area contributed by atoms with Gasteiger partial charge in [0.1, 0.15) is 0 Å². The number of hydrogen-bond acceptors (Lipinski definition) is 2. The molecule has 0 aliphatic heterocycles. The highest BCUT2D eigenvalue weighted by molar-refractivity contribution is 5.48. The maximum absolute atomic E-state index is 4.59. The number of rotatable bonds is 6. The third kappa shape index (κ3) is 3.16. The first kappa shape index (κ1) is 13.7. The first-order valence-corrected chi connectivity index (χ1v) is 7.14. The molecular formula is C16H23N3. The van der Waals surface area contributed by atoms with Gasteiger partial charge in [0.05, 0.1) is 11.4 Å². The normalized spacial score (nSPS) is 10.7. The maximum atomic E-state index is 4.59. The van der Waals surface area contributed by atoms with Crippen molar-refractivity contribution in [3.8, 4) is 5.69 Å². The summed E-state index contributed by atoms with van der Waals surface area (Å²) in [5.74, 6) is 0.951. The van der Waals surface area contributed by atoms with Crippen LogP contribution in [0.1, 0.15) is 37.9 Å². The van der Waals surface area contributed by atoms with Gasteiger partial charge < -0.3 is 5.32 Å². The zero-order valence-electron chi connectivity index (χ0n) is 12.1. The van der Waals surface area contributed by atoms with Crippen LogP contribution >= 0.6 is 0 Å². The van der Waals surface area contributed by atoms with Crippen molar-refractivity contribution in [3.05, 3.63) is 41.7 Å². The molecule has 0 unspecified atom stereocenters. The molecule has 1 N–H and O–H groups in total. The quantitative estimate of drug-likeness (QED) is 0.794. The van der Waals surface area contributed by atoms with Crippen molar-refractivity contribution in [1.82, 2.24) is 9.55 Å². The highest BCUT2D eigenvalue weighted by atomic mass is 15.2. The Hall–Kier alpha value is -1.77. The van der Waals surface area contributed by atoms with Crippen molar-refractivity contribution in [1.29, 1.82) is 0 Å². The van der Waals surface area contributed by atoms with E-state index in [0.29, 0.717) is 0 Å². The van der Waals surface area contributed by atoms with Gasteiger partial charge in [0, 0.05) is 12.7 Å². The average Bonchev–Trinajstić information content (AvgIpc) is 2.80. The molecule has 2 aromatic rings. The Labute approximate surface area is 115 Å². The molecule has 0 fully saturated rings. The van der Waals surface area contributed by atoms with Crippen LogP contribution in [0.3, 0.4) is 0 Å². The predicted molar refractivity (Wildman–Crippen MR) is 81.1 cm³/mol. The molecule has 3 nitrogen and oxygen atoms in total. The molecule has 0 aliphatic rings. The number of unbranched alkanes of at least 4 members (excludes halogenated alkanes) is 1. The van der Waals surface area contributed by atoms with Crippen LogP contribution in [0.5, 0.6) is 0 Å². The molecule has 1 heterocycles. The summed E-state index contributed by atoms with van der Waals surface area (Å²) in [4.78, 5) is 4.59. The summed E-state index contributed by atoms with van der Waals surface area (Å²) in [6.45, 7) is 7.40. The molecule has 0 saturated carbocycles. The van der Waals surface area contributed by atoms with E-state index in [2.05, 4.69) is 59.2 Å². The Kier molecular flexibility index (Phi) is 4.61. The zero-order valence-corrected chi connectivity index (χ0v) is 12.1. The number of benzene rings is 1. The van der Waals surface area contributed by atoms with Gasteiger partial charge in [-0.3, -0.25) is 4.57 Å². The van der Waals surface area contributed by atoms with E-state index >= 15 is 0 Å². The largest absolute Gasteiger partial charge is 0.355 e. The van der Waals surface area contributed by atoms with Crippen LogP contribution in [0.15, 0.2) is 30.5 Å². The molecule has 0 amide bonds. The number of nitrogens with one attached hydrogen (secondary N) is 1. The summed E-state index contributed by atoms with van der Waals surface area (Å²) in [7, 11) is 0. The van der Waals surface area contributed by atoms with Crippen molar-refractivity contribution >= 4 is 5.95 Å². The second-order valence-electron chi connectivity index (χ2n) is 4.84. The number of aryl methyl sites for hydroxylation is 2. The van der Waals surface area contributed by atoms with Gasteiger partial charge in [0.15, 0.2) is 0 Å². The van der Waals surface area contributed by atoms with Crippen molar-refractivity contribution < 1.29 is 0 Å². The molecule has 0 bridgehead atoms. The molecule has 2 rings (SSSR count). The molecule has 102 valence electrons. The van der Waals surface area contributed by atoms with Gasteiger partial charge in [-0.25, -0.2) is 4.98 Å². The molecule has 0 aliphatic carbocycles. The molecular weight excluding hydrogens is 234 g/mol. The van der Waals surface area contributed by atoms with Gasteiger partial charge in [-0.05, 0) is 31.4 Å². The lowest BCUT2D eigenvalue weighted by Crippen LogP contribution is -2.08. The van der Waals surface area contributed by atoms with E-state index in [4.69, 9.17) is 0 Å². The van der Waals surface area contributed by atoms with E-state index < -0.39 is 0 Å². The van der Waals surface area contributed by atoms with Crippen molar-refractivity contribution in [2.24, 2.45) is 0 Å². The molecule has 0 atom stereocenters. The van der Waals surface area contributed by atoms with E-state index in [1.165, 1.54) is 24.1 Å². The van der Waals surface area contributed by atoms with Crippen LogP contribution in [0.4, 0.5) is 5.95 Å². The third-order valence-corrected chi connectivity index (χ3v) is 3.27. The van der Waals surface area contributed by atoms with Gasteiger partial charge in [-0.2, -0.15) is 0 Å². The van der Waals surface area contributed by atoms with Crippen molar-refractivity contribution in [2.45, 2.75) is 40.0 Å². The fourth-order valence-electron chi connectivity index (χ4n) is 2.23. The minimum absolute atomic E-state index is 0.951. The summed E-state index contributed by atoms with van der Waals surface area (Å²) < 4.78 is 2.17. The summed E-state index contributed by atoms with van der Waals surface area (Å²) >= 11 is 0. The van der Waals surface area contributed by atoms with Gasteiger partial charge in [0.25, 0.3) is 0 Å². The van der Waals surface area contributed by atoms with Crippen molar-refractivity contribution in [2.75, 3.05) is 11.9 Å². The first-order valence-electron chi connectivity index (χ1n) is 7.14. The van der Waals surface area contributed by atoms with Crippen molar-refractivity contribution in [3.63, 3.8) is 0 Å². The number of anilines is 1. The van der Waals surface area contributed by atoms with E-state index in [1.807, 2.05) is 6.92 Å². The fourth-order valence-corrected chi connectivity index (χ4v) is 2.23. The summed E-state index contributed by atoms with van der Waals surface area (Å²) in [5, 5.41) is 3.44. The SMILES string of the molecule is CCCCNc1nc(C)cn1-c1ccccc1CC. The van der Waals surface area contributed by atoms with Crippen LogP contribution in [0, 0.1) is 6.92 Å². The number of aromatic nitrogens is 2. The Morgan fingerprint density at radius 2 is 2.00 bits per heavy atom. The number of nitrogens with zero attached hydrogens (tertiary/aromatic N) is 2. The Morgan fingerprint density at radius 3 is 2.74 bits per heavy atom. The van der Waals surface area contributed by atoms with E-state index in [9.17, 15) is 0 Å². The van der Waals surface area contributed by atoms with Crippen LogP contribution in [-0.4, -0.2) is 16.1 Å². The summed E-state index contributed by atoms with van der Waals surface area (Å²) in [5.41, 5.74) is 3.62. The monoisotopic (exact) mass is 257 g/mol. The molecule has 3 heteroatoms. The Bertz CT molecular complexity index is 529. The minimum atomic E-state index is 0.951. The standard InChI is InChI=1S/C16H23N3/c1-4-6-11-17-16-18-13(3)12-19(16)15-10-8-7-9-14(15)5-2/h7-10,12H,4-6,11H2,1-3H3,(H,17,18). The Balaban J connectivity index is 2.33. The zero-order chi connectivity index (χ0) is 13.7. The Morgan fingerprint density at radius 1 is 1.21 bits per heavy atom. The third-order valence-electron chi connectivity index (χ3n) is 3.27. The highest BCUT2D eigenvalue weighted by Crippen LogP contribution is 2.20. The van der Waals surface area contributed by atoms with Crippen LogP contribution < -0.4 is 5.32 Å². The highest BCUT2D eigenvalue weighted by Gasteiger charge is 2.09. The number of para-hydroxylation sites is 1. The lowest BCUT2D eigenvalue weighted by molar-refractivity contribution is 0.822. The van der Waals surface area contributed by atoms with E-state index in [1.54, 1.807) is 0 Å². The average molecular weight is 257 g/mol. The number of imidazole rings is 1. The second kappa shape index (κ2) is 6.41. The van der Waals surface area contributed by atoms with E-state index in [0.717, 1.165) is 24.6 Å². The predicted octanol–water partition coefficient (Wildman–Crippen LogP) is 3.96. The fraction of sp³-hybridized carbons (Fsp3) is 0.438. The summed E-state index contributed by atoms with van der Waals surface area (Å²) in [6.07, 6.45) is 5.49. The maximum Gasteiger partial charge on any atom is 0.207 e. The van der Waals surface area contributed by atoms with Gasteiger partial charge in [0.2, 0.25) is 5.95 Å². The topological polar surface area (TPSA) is 29.9 Å². The van der Waals surface area contributed by atoms with Crippen LogP contribution in [-0.2, 0) is 6.42 Å². The lowest BCUT2D eigenvalue weighted by atomic mass is 10.1.